The number of rotatable bonds is 7. The summed E-state index contributed by atoms with van der Waals surface area (Å²) in [6.07, 6.45) is 1.73. The smallest absolute Gasteiger partial charge is 0.227 e. The van der Waals surface area contributed by atoms with Crippen molar-refractivity contribution in [2.45, 2.75) is 6.92 Å². The number of anilines is 3. The number of methoxy groups -OCH3 is 1. The van der Waals surface area contributed by atoms with E-state index in [2.05, 4.69) is 25.6 Å². The Balaban J connectivity index is 1.78. The van der Waals surface area contributed by atoms with Gasteiger partial charge in [-0.05, 0) is 37.3 Å². The standard InChI is InChI=1S/C17H18ClN5OS/c1-11-15(25-17(21-11)20-9-10-24-2)14-7-8-19-16(23-14)22-13-5-3-12(18)4-6-13/h3-8H,9-10H2,1-2H3,(H,20,21)(H,19,22,23). The summed E-state index contributed by atoms with van der Waals surface area (Å²) in [5.74, 6) is 0.529. The number of hydrogen-bond acceptors (Lipinski definition) is 7. The molecule has 0 bridgehead atoms. The van der Waals surface area contributed by atoms with Crippen LogP contribution in [0.1, 0.15) is 5.69 Å². The van der Waals surface area contributed by atoms with Crippen LogP contribution in [0.15, 0.2) is 36.5 Å². The van der Waals surface area contributed by atoms with Crippen molar-refractivity contribution in [3.05, 3.63) is 47.2 Å². The fourth-order valence-corrected chi connectivity index (χ4v) is 3.27. The quantitative estimate of drug-likeness (QED) is 0.597. The summed E-state index contributed by atoms with van der Waals surface area (Å²) >= 11 is 7.47. The van der Waals surface area contributed by atoms with Gasteiger partial charge in [0.25, 0.3) is 0 Å². The van der Waals surface area contributed by atoms with Crippen molar-refractivity contribution in [1.29, 1.82) is 0 Å². The lowest BCUT2D eigenvalue weighted by Gasteiger charge is -2.06. The highest BCUT2D eigenvalue weighted by Gasteiger charge is 2.12. The van der Waals surface area contributed by atoms with Crippen molar-refractivity contribution < 1.29 is 4.74 Å². The Morgan fingerprint density at radius 2 is 1.96 bits per heavy atom. The Hall–Kier alpha value is -2.22. The maximum absolute atomic E-state index is 5.91. The van der Waals surface area contributed by atoms with Crippen LogP contribution in [-0.2, 0) is 4.74 Å². The lowest BCUT2D eigenvalue weighted by Crippen LogP contribution is -2.06. The lowest BCUT2D eigenvalue weighted by molar-refractivity contribution is 0.211. The van der Waals surface area contributed by atoms with Gasteiger partial charge in [-0.25, -0.2) is 15.0 Å². The van der Waals surface area contributed by atoms with Crippen molar-refractivity contribution in [2.75, 3.05) is 30.9 Å². The zero-order valence-corrected chi connectivity index (χ0v) is 15.5. The van der Waals surface area contributed by atoms with E-state index in [1.165, 1.54) is 0 Å². The first-order valence-corrected chi connectivity index (χ1v) is 8.91. The number of hydrogen-bond donors (Lipinski definition) is 2. The van der Waals surface area contributed by atoms with E-state index >= 15 is 0 Å². The van der Waals surface area contributed by atoms with Crippen molar-refractivity contribution in [3.8, 4) is 10.6 Å². The number of aromatic nitrogens is 3. The first-order chi connectivity index (χ1) is 12.2. The zero-order valence-electron chi connectivity index (χ0n) is 13.9. The van der Waals surface area contributed by atoms with Crippen LogP contribution in [0.5, 0.6) is 0 Å². The average Bonchev–Trinajstić information content (AvgIpc) is 2.98. The van der Waals surface area contributed by atoms with Crippen molar-refractivity contribution in [3.63, 3.8) is 0 Å². The molecule has 0 aliphatic heterocycles. The molecular weight excluding hydrogens is 358 g/mol. The van der Waals surface area contributed by atoms with Crippen LogP contribution in [0.3, 0.4) is 0 Å². The number of thiazole rings is 1. The van der Waals surface area contributed by atoms with Crippen LogP contribution in [0.4, 0.5) is 16.8 Å². The van der Waals surface area contributed by atoms with Gasteiger partial charge in [-0.2, -0.15) is 0 Å². The largest absolute Gasteiger partial charge is 0.383 e. The number of benzene rings is 1. The third kappa shape index (κ3) is 4.66. The molecule has 0 amide bonds. The van der Waals surface area contributed by atoms with Gasteiger partial charge in [0.1, 0.15) is 0 Å². The number of aryl methyl sites for hydroxylation is 1. The van der Waals surface area contributed by atoms with Crippen LogP contribution in [0.2, 0.25) is 5.02 Å². The van der Waals surface area contributed by atoms with Gasteiger partial charge < -0.3 is 15.4 Å². The molecule has 0 saturated carbocycles. The molecule has 1 aromatic carbocycles. The molecule has 0 aliphatic rings. The van der Waals surface area contributed by atoms with E-state index in [-0.39, 0.29) is 0 Å². The highest BCUT2D eigenvalue weighted by molar-refractivity contribution is 7.19. The molecule has 0 aliphatic carbocycles. The number of nitrogens with zero attached hydrogens (tertiary/aromatic N) is 3. The molecule has 2 N–H and O–H groups in total. The third-order valence-electron chi connectivity index (χ3n) is 3.37. The molecule has 2 heterocycles. The average molecular weight is 376 g/mol. The minimum absolute atomic E-state index is 0.529. The number of nitrogens with one attached hydrogen (secondary N) is 2. The fourth-order valence-electron chi connectivity index (χ4n) is 2.18. The molecule has 130 valence electrons. The number of ether oxygens (including phenoxy) is 1. The van der Waals surface area contributed by atoms with Crippen LogP contribution < -0.4 is 10.6 Å². The van der Waals surface area contributed by atoms with Gasteiger partial charge in [-0.1, -0.05) is 22.9 Å². The van der Waals surface area contributed by atoms with Gasteiger partial charge in [0.05, 0.1) is 22.9 Å². The topological polar surface area (TPSA) is 72.0 Å². The first-order valence-electron chi connectivity index (χ1n) is 7.72. The summed E-state index contributed by atoms with van der Waals surface area (Å²) in [7, 11) is 1.68. The Kier molecular flexibility index (Phi) is 5.80. The predicted octanol–water partition coefficient (Wildman–Crippen LogP) is 4.36. The van der Waals surface area contributed by atoms with Gasteiger partial charge in [0.2, 0.25) is 5.95 Å². The third-order valence-corrected chi connectivity index (χ3v) is 4.76. The Bertz CT molecular complexity index is 837. The summed E-state index contributed by atoms with van der Waals surface area (Å²) in [5.41, 5.74) is 2.65. The van der Waals surface area contributed by atoms with E-state index in [0.717, 1.165) is 33.6 Å². The molecule has 8 heteroatoms. The highest BCUT2D eigenvalue weighted by Crippen LogP contribution is 2.31. The van der Waals surface area contributed by atoms with Crippen LogP contribution in [0, 0.1) is 6.92 Å². The van der Waals surface area contributed by atoms with Crippen molar-refractivity contribution in [1.82, 2.24) is 15.0 Å². The molecule has 25 heavy (non-hydrogen) atoms. The molecule has 0 atom stereocenters. The molecule has 0 radical (unpaired) electrons. The molecule has 0 unspecified atom stereocenters. The van der Waals surface area contributed by atoms with Crippen molar-refractivity contribution >= 4 is 39.7 Å². The monoisotopic (exact) mass is 375 g/mol. The molecule has 2 aromatic heterocycles. The summed E-state index contributed by atoms with van der Waals surface area (Å²) in [6.45, 7) is 3.33. The molecular formula is C17H18ClN5OS. The highest BCUT2D eigenvalue weighted by atomic mass is 35.5. The molecule has 0 spiro atoms. The van der Waals surface area contributed by atoms with E-state index < -0.39 is 0 Å². The first kappa shape index (κ1) is 17.6. The summed E-state index contributed by atoms with van der Waals surface area (Å²) in [5, 5.41) is 7.97. The SMILES string of the molecule is COCCNc1nc(C)c(-c2ccnc(Nc3ccc(Cl)cc3)n2)s1. The molecule has 0 fully saturated rings. The predicted molar refractivity (Wildman–Crippen MR) is 103 cm³/mol. The van der Waals surface area contributed by atoms with E-state index in [4.69, 9.17) is 16.3 Å². The summed E-state index contributed by atoms with van der Waals surface area (Å²) in [4.78, 5) is 14.4. The van der Waals surface area contributed by atoms with E-state index in [1.807, 2.05) is 37.3 Å². The summed E-state index contributed by atoms with van der Waals surface area (Å²) < 4.78 is 5.04. The minimum Gasteiger partial charge on any atom is -0.383 e. The van der Waals surface area contributed by atoms with Crippen molar-refractivity contribution in [2.24, 2.45) is 0 Å². The van der Waals surface area contributed by atoms with Crippen LogP contribution in [0.25, 0.3) is 10.6 Å². The Morgan fingerprint density at radius 1 is 1.16 bits per heavy atom. The number of halogens is 1. The maximum Gasteiger partial charge on any atom is 0.227 e. The minimum atomic E-state index is 0.529. The van der Waals surface area contributed by atoms with Gasteiger partial charge in [0.15, 0.2) is 5.13 Å². The molecule has 3 aromatic rings. The van der Waals surface area contributed by atoms with E-state index in [0.29, 0.717) is 17.6 Å². The van der Waals surface area contributed by atoms with Gasteiger partial charge in [-0.15, -0.1) is 0 Å². The van der Waals surface area contributed by atoms with E-state index in [1.54, 1.807) is 24.6 Å². The molecule has 6 nitrogen and oxygen atoms in total. The lowest BCUT2D eigenvalue weighted by atomic mass is 10.3. The second-order valence-electron chi connectivity index (χ2n) is 5.25. The summed E-state index contributed by atoms with van der Waals surface area (Å²) in [6, 6.07) is 9.28. The van der Waals surface area contributed by atoms with Gasteiger partial charge in [0, 0.05) is 30.6 Å². The fraction of sp³-hybridized carbons (Fsp3) is 0.235. The molecule has 3 rings (SSSR count). The van der Waals surface area contributed by atoms with E-state index in [9.17, 15) is 0 Å². The Labute approximate surface area is 155 Å². The van der Waals surface area contributed by atoms with Gasteiger partial charge in [-0.3, -0.25) is 0 Å². The van der Waals surface area contributed by atoms with Gasteiger partial charge >= 0.3 is 0 Å². The second-order valence-corrected chi connectivity index (χ2v) is 6.69. The molecule has 0 saturated heterocycles. The normalized spacial score (nSPS) is 10.7. The van der Waals surface area contributed by atoms with Crippen LogP contribution >= 0.6 is 22.9 Å². The second kappa shape index (κ2) is 8.24. The zero-order chi connectivity index (χ0) is 17.6. The van der Waals surface area contributed by atoms with Crippen LogP contribution in [-0.4, -0.2) is 35.2 Å². The Morgan fingerprint density at radius 3 is 2.72 bits per heavy atom. The maximum atomic E-state index is 5.91.